The predicted octanol–water partition coefficient (Wildman–Crippen LogP) is 0.744. The van der Waals surface area contributed by atoms with Crippen LogP contribution in [0.4, 0.5) is 0 Å². The van der Waals surface area contributed by atoms with E-state index < -0.39 is 10.0 Å². The molecule has 0 amide bonds. The molecule has 0 spiro atoms. The summed E-state index contributed by atoms with van der Waals surface area (Å²) in [4.78, 5) is 5.67. The third-order valence-corrected chi connectivity index (χ3v) is 5.37. The summed E-state index contributed by atoms with van der Waals surface area (Å²) in [5.41, 5.74) is 0.884. The van der Waals surface area contributed by atoms with Crippen molar-refractivity contribution in [2.24, 2.45) is 5.92 Å². The van der Waals surface area contributed by atoms with Gasteiger partial charge in [-0.25, -0.2) is 13.1 Å². The number of hydrogen-bond acceptors (Lipinski definition) is 4. The highest BCUT2D eigenvalue weighted by Crippen LogP contribution is 2.16. The first kappa shape index (κ1) is 16.5. The number of H-pyrrole nitrogens is 1. The van der Waals surface area contributed by atoms with Crippen molar-refractivity contribution < 1.29 is 8.42 Å². The molecule has 0 radical (unpaired) electrons. The Morgan fingerprint density at radius 3 is 2.90 bits per heavy atom. The molecule has 7 heteroatoms. The molecular formula is C14H26N4O2S. The van der Waals surface area contributed by atoms with Gasteiger partial charge in [0.15, 0.2) is 0 Å². The number of likely N-dealkylation sites (tertiary alicyclic amines) is 1. The van der Waals surface area contributed by atoms with Crippen molar-refractivity contribution in [3.05, 3.63) is 18.0 Å². The van der Waals surface area contributed by atoms with E-state index in [2.05, 4.69) is 26.8 Å². The predicted molar refractivity (Wildman–Crippen MR) is 83.6 cm³/mol. The second-order valence-corrected chi connectivity index (χ2v) is 7.31. The zero-order valence-electron chi connectivity index (χ0n) is 12.9. The number of nitrogens with one attached hydrogen (secondary N) is 3. The van der Waals surface area contributed by atoms with E-state index in [4.69, 9.17) is 0 Å². The molecular weight excluding hydrogens is 288 g/mol. The summed E-state index contributed by atoms with van der Waals surface area (Å²) >= 11 is 0. The molecule has 0 saturated carbocycles. The molecule has 1 atom stereocenters. The van der Waals surface area contributed by atoms with Crippen molar-refractivity contribution in [1.82, 2.24) is 19.9 Å². The molecule has 1 aromatic heterocycles. The van der Waals surface area contributed by atoms with Crippen LogP contribution in [-0.2, 0) is 16.6 Å². The Bertz CT molecular complexity index is 541. The van der Waals surface area contributed by atoms with Crippen molar-refractivity contribution >= 4 is 10.0 Å². The smallest absolute Gasteiger partial charge is 0.242 e. The molecule has 2 heterocycles. The van der Waals surface area contributed by atoms with Crippen LogP contribution in [0.1, 0.15) is 26.0 Å². The van der Waals surface area contributed by atoms with E-state index in [1.165, 1.54) is 0 Å². The Balaban J connectivity index is 1.88. The zero-order chi connectivity index (χ0) is 15.3. The number of aromatic nitrogens is 1. The normalized spacial score (nSPS) is 20.2. The van der Waals surface area contributed by atoms with Crippen molar-refractivity contribution in [2.45, 2.75) is 31.7 Å². The van der Waals surface area contributed by atoms with Crippen LogP contribution in [-0.4, -0.2) is 51.0 Å². The number of hydrogen-bond donors (Lipinski definition) is 3. The Morgan fingerprint density at radius 2 is 2.24 bits per heavy atom. The van der Waals surface area contributed by atoms with Gasteiger partial charge in [-0.15, -0.1) is 0 Å². The summed E-state index contributed by atoms with van der Waals surface area (Å²) in [6.45, 7) is 9.27. The molecule has 120 valence electrons. The molecule has 1 fully saturated rings. The van der Waals surface area contributed by atoms with Crippen LogP contribution in [0.5, 0.6) is 0 Å². The SMILES string of the molecule is CCNCc1cc(S(=O)(=O)NCC2CCN(CC)C2)c[nH]1. The monoisotopic (exact) mass is 314 g/mol. The van der Waals surface area contributed by atoms with Crippen LogP contribution in [0.25, 0.3) is 0 Å². The molecule has 1 saturated heterocycles. The molecule has 21 heavy (non-hydrogen) atoms. The van der Waals surface area contributed by atoms with Gasteiger partial charge in [-0.2, -0.15) is 0 Å². The van der Waals surface area contributed by atoms with Gasteiger partial charge >= 0.3 is 0 Å². The summed E-state index contributed by atoms with van der Waals surface area (Å²) in [6.07, 6.45) is 2.62. The van der Waals surface area contributed by atoms with E-state index in [1.54, 1.807) is 12.3 Å². The lowest BCUT2D eigenvalue weighted by Gasteiger charge is -2.13. The third kappa shape index (κ3) is 4.54. The topological polar surface area (TPSA) is 77.2 Å². The molecule has 6 nitrogen and oxygen atoms in total. The highest BCUT2D eigenvalue weighted by molar-refractivity contribution is 7.89. The van der Waals surface area contributed by atoms with Gasteiger partial charge < -0.3 is 15.2 Å². The van der Waals surface area contributed by atoms with Crippen molar-refractivity contribution in [3.8, 4) is 0 Å². The average Bonchev–Trinajstić information content (AvgIpc) is 3.12. The standard InChI is InChI=1S/C14H26N4O2S/c1-3-15-9-13-7-14(10-16-13)21(19,20)17-8-12-5-6-18(4-2)11-12/h7,10,12,15-17H,3-6,8-9,11H2,1-2H3. The Labute approximate surface area is 127 Å². The van der Waals surface area contributed by atoms with Gasteiger partial charge in [-0.05, 0) is 38.0 Å². The zero-order valence-corrected chi connectivity index (χ0v) is 13.7. The minimum atomic E-state index is -3.40. The fraction of sp³-hybridized carbons (Fsp3) is 0.714. The molecule has 3 N–H and O–H groups in total. The van der Waals surface area contributed by atoms with Crippen LogP contribution < -0.4 is 10.0 Å². The van der Waals surface area contributed by atoms with Gasteiger partial charge in [0, 0.05) is 31.5 Å². The van der Waals surface area contributed by atoms with Crippen LogP contribution >= 0.6 is 0 Å². The molecule has 1 unspecified atom stereocenters. The fourth-order valence-electron chi connectivity index (χ4n) is 2.61. The Morgan fingerprint density at radius 1 is 1.43 bits per heavy atom. The van der Waals surface area contributed by atoms with E-state index in [9.17, 15) is 8.42 Å². The maximum atomic E-state index is 12.3. The molecule has 2 rings (SSSR count). The highest BCUT2D eigenvalue weighted by Gasteiger charge is 2.23. The van der Waals surface area contributed by atoms with Crippen molar-refractivity contribution in [2.75, 3.05) is 32.7 Å². The van der Waals surface area contributed by atoms with Gasteiger partial charge in [0.25, 0.3) is 0 Å². The first-order valence-electron chi connectivity index (χ1n) is 7.65. The molecule has 0 aromatic carbocycles. The van der Waals surface area contributed by atoms with Crippen molar-refractivity contribution in [3.63, 3.8) is 0 Å². The lowest BCUT2D eigenvalue weighted by atomic mass is 10.1. The van der Waals surface area contributed by atoms with E-state index in [1.807, 2.05) is 6.92 Å². The lowest BCUT2D eigenvalue weighted by molar-refractivity contribution is 0.342. The summed E-state index contributed by atoms with van der Waals surface area (Å²) in [5.74, 6) is 0.417. The minimum Gasteiger partial charge on any atom is -0.363 e. The summed E-state index contributed by atoms with van der Waals surface area (Å²) in [5, 5.41) is 3.17. The summed E-state index contributed by atoms with van der Waals surface area (Å²) in [7, 11) is -3.40. The summed E-state index contributed by atoms with van der Waals surface area (Å²) < 4.78 is 27.3. The number of aromatic amines is 1. The number of nitrogens with zero attached hydrogens (tertiary/aromatic N) is 1. The maximum absolute atomic E-state index is 12.3. The quantitative estimate of drug-likeness (QED) is 0.661. The van der Waals surface area contributed by atoms with Crippen LogP contribution in [0.3, 0.4) is 0 Å². The molecule has 0 bridgehead atoms. The van der Waals surface area contributed by atoms with Crippen LogP contribution in [0.2, 0.25) is 0 Å². The second kappa shape index (κ2) is 7.40. The van der Waals surface area contributed by atoms with Crippen molar-refractivity contribution in [1.29, 1.82) is 0 Å². The lowest BCUT2D eigenvalue weighted by Crippen LogP contribution is -2.30. The number of rotatable bonds is 8. The van der Waals surface area contributed by atoms with Gasteiger partial charge in [-0.1, -0.05) is 13.8 Å². The van der Waals surface area contributed by atoms with E-state index >= 15 is 0 Å². The average molecular weight is 314 g/mol. The third-order valence-electron chi connectivity index (χ3n) is 3.97. The fourth-order valence-corrected chi connectivity index (χ4v) is 3.75. The number of sulfonamides is 1. The van der Waals surface area contributed by atoms with Gasteiger partial charge in [-0.3, -0.25) is 0 Å². The molecule has 1 aliphatic rings. The Kier molecular flexibility index (Phi) is 5.80. The van der Waals surface area contributed by atoms with Gasteiger partial charge in [0.05, 0.1) is 4.90 Å². The van der Waals surface area contributed by atoms with Crippen LogP contribution in [0.15, 0.2) is 17.2 Å². The first-order chi connectivity index (χ1) is 10.0. The minimum absolute atomic E-state index is 0.320. The Hall–Kier alpha value is -0.890. The van der Waals surface area contributed by atoms with Gasteiger partial charge in [0.1, 0.15) is 0 Å². The second-order valence-electron chi connectivity index (χ2n) is 5.54. The maximum Gasteiger partial charge on any atom is 0.242 e. The molecule has 1 aromatic rings. The largest absolute Gasteiger partial charge is 0.363 e. The van der Waals surface area contributed by atoms with Gasteiger partial charge in [0.2, 0.25) is 10.0 Å². The molecule has 1 aliphatic heterocycles. The van der Waals surface area contributed by atoms with E-state index in [0.717, 1.165) is 38.3 Å². The first-order valence-corrected chi connectivity index (χ1v) is 9.13. The molecule has 0 aliphatic carbocycles. The van der Waals surface area contributed by atoms with E-state index in [0.29, 0.717) is 23.9 Å². The van der Waals surface area contributed by atoms with E-state index in [-0.39, 0.29) is 0 Å². The van der Waals surface area contributed by atoms with Crippen LogP contribution in [0, 0.1) is 5.92 Å². The summed E-state index contributed by atoms with van der Waals surface area (Å²) in [6, 6.07) is 1.69. The highest BCUT2D eigenvalue weighted by atomic mass is 32.2.